The molecule has 1 aromatic carbocycles. The number of hydrogen-bond acceptors (Lipinski definition) is 3. The minimum absolute atomic E-state index is 0.157. The summed E-state index contributed by atoms with van der Waals surface area (Å²) in [6, 6.07) is 8.42. The fourth-order valence-electron chi connectivity index (χ4n) is 1.72. The molecule has 0 amide bonds. The van der Waals surface area contributed by atoms with Crippen LogP contribution in [0.25, 0.3) is 0 Å². The van der Waals surface area contributed by atoms with Crippen molar-refractivity contribution in [1.29, 1.82) is 0 Å². The van der Waals surface area contributed by atoms with E-state index in [1.165, 1.54) is 11.3 Å². The van der Waals surface area contributed by atoms with E-state index in [9.17, 15) is 0 Å². The van der Waals surface area contributed by atoms with Crippen molar-refractivity contribution in [3.05, 3.63) is 29.8 Å². The van der Waals surface area contributed by atoms with Crippen molar-refractivity contribution in [2.75, 3.05) is 31.7 Å². The lowest BCUT2D eigenvalue weighted by Gasteiger charge is -2.25. The predicted octanol–water partition coefficient (Wildman–Crippen LogP) is 2.83. The van der Waals surface area contributed by atoms with Gasteiger partial charge in [-0.15, -0.1) is 0 Å². The average molecular weight is 237 g/mol. The van der Waals surface area contributed by atoms with Gasteiger partial charge in [0, 0.05) is 25.9 Å². The Balaban J connectivity index is 2.59. The van der Waals surface area contributed by atoms with Gasteiger partial charge in [0.05, 0.1) is 6.54 Å². The molecule has 1 rings (SSSR count). The highest BCUT2D eigenvalue weighted by Crippen LogP contribution is 2.15. The van der Waals surface area contributed by atoms with Crippen LogP contribution in [0, 0.1) is 6.92 Å². The van der Waals surface area contributed by atoms with Crippen molar-refractivity contribution in [2.45, 2.75) is 27.1 Å². The summed E-state index contributed by atoms with van der Waals surface area (Å²) in [5.74, 6) is 0. The second kappa shape index (κ2) is 7.30. The Kier molecular flexibility index (Phi) is 6.01. The summed E-state index contributed by atoms with van der Waals surface area (Å²) in [5.41, 5.74) is 2.45. The molecule has 0 aliphatic carbocycles. The highest BCUT2D eigenvalue weighted by molar-refractivity contribution is 5.47. The van der Waals surface area contributed by atoms with Gasteiger partial charge in [-0.2, -0.15) is 0 Å². The van der Waals surface area contributed by atoms with E-state index in [1.54, 1.807) is 0 Å². The number of aryl methyl sites for hydroxylation is 1. The Morgan fingerprint density at radius 3 is 2.35 bits per heavy atom. The van der Waals surface area contributed by atoms with Crippen LogP contribution in [-0.2, 0) is 9.47 Å². The van der Waals surface area contributed by atoms with E-state index in [0.29, 0.717) is 13.2 Å². The van der Waals surface area contributed by atoms with Gasteiger partial charge in [-0.05, 0) is 38.5 Å². The highest BCUT2D eigenvalue weighted by Gasteiger charge is 2.11. The van der Waals surface area contributed by atoms with Gasteiger partial charge in [0.15, 0.2) is 6.29 Å². The first kappa shape index (κ1) is 14.0. The third-order valence-corrected chi connectivity index (χ3v) is 2.57. The Hall–Kier alpha value is -1.06. The van der Waals surface area contributed by atoms with Crippen LogP contribution in [0.1, 0.15) is 19.4 Å². The molecule has 17 heavy (non-hydrogen) atoms. The minimum atomic E-state index is -0.157. The number of likely N-dealkylation sites (N-methyl/N-ethyl adjacent to an activating group) is 1. The molecular formula is C14H23NO2. The minimum Gasteiger partial charge on any atom is -0.369 e. The topological polar surface area (TPSA) is 21.7 Å². The third-order valence-electron chi connectivity index (χ3n) is 2.57. The smallest absolute Gasteiger partial charge is 0.174 e. The fourth-order valence-corrected chi connectivity index (χ4v) is 1.72. The molecule has 0 fully saturated rings. The van der Waals surface area contributed by atoms with E-state index in [1.807, 2.05) is 13.8 Å². The number of ether oxygens (including phenoxy) is 2. The summed E-state index contributed by atoms with van der Waals surface area (Å²) >= 11 is 0. The van der Waals surface area contributed by atoms with E-state index in [-0.39, 0.29) is 6.29 Å². The average Bonchev–Trinajstić information content (AvgIpc) is 2.29. The summed E-state index contributed by atoms with van der Waals surface area (Å²) in [7, 11) is 2.06. The first-order valence-corrected chi connectivity index (χ1v) is 6.18. The molecule has 3 nitrogen and oxygen atoms in total. The summed E-state index contributed by atoms with van der Waals surface area (Å²) < 4.78 is 11.1. The van der Waals surface area contributed by atoms with Crippen LogP contribution >= 0.6 is 0 Å². The molecule has 0 aliphatic heterocycles. The third kappa shape index (κ3) is 4.75. The van der Waals surface area contributed by atoms with Gasteiger partial charge in [0.2, 0.25) is 0 Å². The van der Waals surface area contributed by atoms with E-state index in [4.69, 9.17) is 9.47 Å². The van der Waals surface area contributed by atoms with Gasteiger partial charge >= 0.3 is 0 Å². The molecule has 0 aliphatic rings. The first-order chi connectivity index (χ1) is 8.17. The maximum Gasteiger partial charge on any atom is 0.174 e. The number of benzene rings is 1. The number of hydrogen-bond donors (Lipinski definition) is 0. The van der Waals surface area contributed by atoms with Crippen molar-refractivity contribution >= 4 is 5.69 Å². The molecule has 0 saturated carbocycles. The predicted molar refractivity (Wildman–Crippen MR) is 71.5 cm³/mol. The largest absolute Gasteiger partial charge is 0.369 e. The van der Waals surface area contributed by atoms with Crippen LogP contribution < -0.4 is 4.90 Å². The second-order valence-electron chi connectivity index (χ2n) is 4.06. The molecule has 96 valence electrons. The molecule has 0 N–H and O–H groups in total. The van der Waals surface area contributed by atoms with Crippen LogP contribution in [0.2, 0.25) is 0 Å². The second-order valence-corrected chi connectivity index (χ2v) is 4.06. The lowest BCUT2D eigenvalue weighted by molar-refractivity contribution is -0.129. The maximum absolute atomic E-state index is 5.54. The molecule has 0 aromatic heterocycles. The van der Waals surface area contributed by atoms with Gasteiger partial charge in [0.1, 0.15) is 0 Å². The van der Waals surface area contributed by atoms with Gasteiger partial charge < -0.3 is 14.4 Å². The molecule has 1 aromatic rings. The first-order valence-electron chi connectivity index (χ1n) is 6.18. The zero-order valence-electron chi connectivity index (χ0n) is 11.3. The Bertz CT molecular complexity index is 322. The van der Waals surface area contributed by atoms with Crippen molar-refractivity contribution in [3.63, 3.8) is 0 Å². The lowest BCUT2D eigenvalue weighted by Crippen LogP contribution is -2.33. The fraction of sp³-hybridized carbons (Fsp3) is 0.571. The lowest BCUT2D eigenvalue weighted by atomic mass is 10.2. The van der Waals surface area contributed by atoms with E-state index < -0.39 is 0 Å². The van der Waals surface area contributed by atoms with Crippen molar-refractivity contribution in [2.24, 2.45) is 0 Å². The Labute approximate surface area is 104 Å². The van der Waals surface area contributed by atoms with Crippen molar-refractivity contribution in [3.8, 4) is 0 Å². The SMILES string of the molecule is CCOC(CN(C)c1cccc(C)c1)OCC. The molecule has 3 heteroatoms. The van der Waals surface area contributed by atoms with Crippen LogP contribution in [0.15, 0.2) is 24.3 Å². The van der Waals surface area contributed by atoms with E-state index >= 15 is 0 Å². The summed E-state index contributed by atoms with van der Waals surface area (Å²) in [6.45, 7) is 8.15. The molecular weight excluding hydrogens is 214 g/mol. The molecule has 0 saturated heterocycles. The monoisotopic (exact) mass is 237 g/mol. The number of anilines is 1. The van der Waals surface area contributed by atoms with Crippen molar-refractivity contribution < 1.29 is 9.47 Å². The van der Waals surface area contributed by atoms with Gasteiger partial charge in [-0.25, -0.2) is 0 Å². The zero-order valence-corrected chi connectivity index (χ0v) is 11.3. The summed E-state index contributed by atoms with van der Waals surface area (Å²) in [5, 5.41) is 0. The molecule has 0 bridgehead atoms. The maximum atomic E-state index is 5.54. The Morgan fingerprint density at radius 2 is 1.82 bits per heavy atom. The molecule has 0 heterocycles. The number of nitrogens with zero attached hydrogens (tertiary/aromatic N) is 1. The summed E-state index contributed by atoms with van der Waals surface area (Å²) in [4.78, 5) is 2.16. The Morgan fingerprint density at radius 1 is 1.18 bits per heavy atom. The quantitative estimate of drug-likeness (QED) is 0.681. The van der Waals surface area contributed by atoms with Crippen LogP contribution in [0.3, 0.4) is 0 Å². The van der Waals surface area contributed by atoms with Gasteiger partial charge in [-0.1, -0.05) is 12.1 Å². The highest BCUT2D eigenvalue weighted by atomic mass is 16.7. The summed E-state index contributed by atoms with van der Waals surface area (Å²) in [6.07, 6.45) is -0.157. The standard InChI is InChI=1S/C14H23NO2/c1-5-16-14(17-6-2)11-15(4)13-9-7-8-12(3)10-13/h7-10,14H,5-6,11H2,1-4H3. The van der Waals surface area contributed by atoms with Crippen LogP contribution in [-0.4, -0.2) is 33.1 Å². The molecule has 0 radical (unpaired) electrons. The molecule has 0 spiro atoms. The van der Waals surface area contributed by atoms with E-state index in [0.717, 1.165) is 6.54 Å². The number of rotatable bonds is 7. The van der Waals surface area contributed by atoms with Gasteiger partial charge in [-0.3, -0.25) is 0 Å². The van der Waals surface area contributed by atoms with Gasteiger partial charge in [0.25, 0.3) is 0 Å². The van der Waals surface area contributed by atoms with Crippen molar-refractivity contribution in [1.82, 2.24) is 0 Å². The zero-order chi connectivity index (χ0) is 12.7. The van der Waals surface area contributed by atoms with Crippen LogP contribution in [0.5, 0.6) is 0 Å². The molecule has 0 unspecified atom stereocenters. The molecule has 0 atom stereocenters. The normalized spacial score (nSPS) is 10.9. The van der Waals surface area contributed by atoms with E-state index in [2.05, 4.69) is 43.1 Å². The van der Waals surface area contributed by atoms with Crippen LogP contribution in [0.4, 0.5) is 5.69 Å².